The van der Waals surface area contributed by atoms with Gasteiger partial charge in [0, 0.05) is 6.07 Å². The summed E-state index contributed by atoms with van der Waals surface area (Å²) in [6, 6.07) is 12.7. The molecule has 0 unspecified atom stereocenters. The molecule has 0 radical (unpaired) electrons. The summed E-state index contributed by atoms with van der Waals surface area (Å²) in [5, 5.41) is 2.12. The van der Waals surface area contributed by atoms with Crippen LogP contribution >= 0.6 is 0 Å². The van der Waals surface area contributed by atoms with Crippen molar-refractivity contribution in [3.05, 3.63) is 53.7 Å². The zero-order valence-corrected chi connectivity index (χ0v) is 12.6. The van der Waals surface area contributed by atoms with Crippen LogP contribution in [0, 0.1) is 0 Å². The highest BCUT2D eigenvalue weighted by molar-refractivity contribution is 6.05. The SMILES string of the molecule is COc1ccc(OCc2ccccc2)nc1C(=O)NC(=O)CN. The number of methoxy groups -OCH3 is 1. The molecule has 0 aliphatic heterocycles. The van der Waals surface area contributed by atoms with Gasteiger partial charge in [0.05, 0.1) is 13.7 Å². The smallest absolute Gasteiger partial charge is 0.280 e. The second-order valence-electron chi connectivity index (χ2n) is 4.56. The van der Waals surface area contributed by atoms with Crippen LogP contribution in [-0.2, 0) is 11.4 Å². The minimum Gasteiger partial charge on any atom is -0.494 e. The molecule has 7 heteroatoms. The third kappa shape index (κ3) is 4.52. The fourth-order valence-corrected chi connectivity index (χ4v) is 1.80. The van der Waals surface area contributed by atoms with Gasteiger partial charge in [-0.15, -0.1) is 0 Å². The Morgan fingerprint density at radius 3 is 2.57 bits per heavy atom. The number of benzene rings is 1. The zero-order chi connectivity index (χ0) is 16.7. The van der Waals surface area contributed by atoms with Crippen LogP contribution in [0.25, 0.3) is 0 Å². The zero-order valence-electron chi connectivity index (χ0n) is 12.6. The second-order valence-corrected chi connectivity index (χ2v) is 4.56. The highest BCUT2D eigenvalue weighted by Gasteiger charge is 2.17. The van der Waals surface area contributed by atoms with Gasteiger partial charge in [-0.1, -0.05) is 30.3 Å². The van der Waals surface area contributed by atoms with E-state index in [0.717, 1.165) is 5.56 Å². The van der Waals surface area contributed by atoms with Gasteiger partial charge in [0.2, 0.25) is 11.8 Å². The monoisotopic (exact) mass is 315 g/mol. The van der Waals surface area contributed by atoms with Gasteiger partial charge in [-0.3, -0.25) is 14.9 Å². The molecule has 0 saturated heterocycles. The summed E-state index contributed by atoms with van der Waals surface area (Å²) in [5.74, 6) is -0.809. The van der Waals surface area contributed by atoms with Gasteiger partial charge in [-0.2, -0.15) is 0 Å². The summed E-state index contributed by atoms with van der Waals surface area (Å²) >= 11 is 0. The van der Waals surface area contributed by atoms with Crippen LogP contribution in [0.1, 0.15) is 16.1 Å². The average Bonchev–Trinajstić information content (AvgIpc) is 2.60. The number of pyridine rings is 1. The number of nitrogens with two attached hydrogens (primary N) is 1. The van der Waals surface area contributed by atoms with Crippen LogP contribution in [0.2, 0.25) is 0 Å². The van der Waals surface area contributed by atoms with E-state index in [1.165, 1.54) is 7.11 Å². The first-order valence-electron chi connectivity index (χ1n) is 6.90. The molecule has 0 spiro atoms. The number of imide groups is 1. The van der Waals surface area contributed by atoms with Gasteiger partial charge in [-0.05, 0) is 11.6 Å². The number of rotatable bonds is 6. The fourth-order valence-electron chi connectivity index (χ4n) is 1.80. The van der Waals surface area contributed by atoms with E-state index in [-0.39, 0.29) is 23.9 Å². The van der Waals surface area contributed by atoms with E-state index in [0.29, 0.717) is 6.61 Å². The average molecular weight is 315 g/mol. The molecule has 0 aliphatic rings. The Hall–Kier alpha value is -2.93. The minimum absolute atomic E-state index is 0.0418. The van der Waals surface area contributed by atoms with E-state index in [1.807, 2.05) is 30.3 Å². The van der Waals surface area contributed by atoms with E-state index in [9.17, 15) is 9.59 Å². The van der Waals surface area contributed by atoms with Crippen LogP contribution < -0.4 is 20.5 Å². The van der Waals surface area contributed by atoms with E-state index in [4.69, 9.17) is 15.2 Å². The van der Waals surface area contributed by atoms with Crippen molar-refractivity contribution in [3.63, 3.8) is 0 Å². The van der Waals surface area contributed by atoms with E-state index in [1.54, 1.807) is 12.1 Å². The lowest BCUT2D eigenvalue weighted by Crippen LogP contribution is -2.36. The molecule has 0 aliphatic carbocycles. The predicted octanol–water partition coefficient (Wildman–Crippen LogP) is 0.884. The van der Waals surface area contributed by atoms with Crippen LogP contribution in [0.5, 0.6) is 11.6 Å². The predicted molar refractivity (Wildman–Crippen MR) is 83.1 cm³/mol. The van der Waals surface area contributed by atoms with E-state index in [2.05, 4.69) is 10.3 Å². The van der Waals surface area contributed by atoms with E-state index < -0.39 is 11.8 Å². The molecule has 3 N–H and O–H groups in total. The maximum atomic E-state index is 12.0. The number of aromatic nitrogens is 1. The summed E-state index contributed by atoms with van der Waals surface area (Å²) in [6.07, 6.45) is 0. The van der Waals surface area contributed by atoms with Gasteiger partial charge < -0.3 is 15.2 Å². The normalized spacial score (nSPS) is 10.0. The maximum Gasteiger partial charge on any atom is 0.280 e. The molecular weight excluding hydrogens is 298 g/mol. The molecule has 1 aromatic heterocycles. The second kappa shape index (κ2) is 7.90. The van der Waals surface area contributed by atoms with Crippen molar-refractivity contribution >= 4 is 11.8 Å². The number of hydrogen-bond donors (Lipinski definition) is 2. The Balaban J connectivity index is 2.14. The van der Waals surface area contributed by atoms with Gasteiger partial charge in [0.15, 0.2) is 11.4 Å². The molecular formula is C16H17N3O4. The molecule has 120 valence electrons. The third-order valence-electron chi connectivity index (χ3n) is 2.94. The standard InChI is InChI=1S/C16H17N3O4/c1-22-12-7-8-14(23-10-11-5-3-2-4-6-11)19-15(12)16(21)18-13(20)9-17/h2-8H,9-10,17H2,1H3,(H,18,20,21). The van der Waals surface area contributed by atoms with Crippen molar-refractivity contribution in [1.29, 1.82) is 0 Å². The molecule has 0 saturated carbocycles. The fraction of sp³-hybridized carbons (Fsp3) is 0.188. The van der Waals surface area contributed by atoms with Crippen molar-refractivity contribution in [1.82, 2.24) is 10.3 Å². The van der Waals surface area contributed by atoms with Gasteiger partial charge >= 0.3 is 0 Å². The Labute approximate surface area is 133 Å². The van der Waals surface area contributed by atoms with Crippen molar-refractivity contribution < 1.29 is 19.1 Å². The molecule has 0 bridgehead atoms. The van der Waals surface area contributed by atoms with Crippen LogP contribution in [0.3, 0.4) is 0 Å². The molecule has 0 atom stereocenters. The van der Waals surface area contributed by atoms with Crippen molar-refractivity contribution in [2.45, 2.75) is 6.61 Å². The van der Waals surface area contributed by atoms with Crippen LogP contribution in [-0.4, -0.2) is 30.5 Å². The molecule has 0 fully saturated rings. The lowest BCUT2D eigenvalue weighted by molar-refractivity contribution is -0.118. The Kier molecular flexibility index (Phi) is 5.65. The molecule has 7 nitrogen and oxygen atoms in total. The Morgan fingerprint density at radius 1 is 1.17 bits per heavy atom. The first kappa shape index (κ1) is 16.4. The molecule has 1 aromatic carbocycles. The van der Waals surface area contributed by atoms with Crippen LogP contribution in [0.15, 0.2) is 42.5 Å². The molecule has 2 amide bonds. The molecule has 2 aromatic rings. The van der Waals surface area contributed by atoms with Crippen LogP contribution in [0.4, 0.5) is 0 Å². The number of carbonyl (C=O) groups is 2. The Bertz CT molecular complexity index is 689. The molecule has 2 rings (SSSR count). The van der Waals surface area contributed by atoms with E-state index >= 15 is 0 Å². The largest absolute Gasteiger partial charge is 0.494 e. The first-order valence-corrected chi connectivity index (χ1v) is 6.90. The number of ether oxygens (including phenoxy) is 2. The van der Waals surface area contributed by atoms with Crippen molar-refractivity contribution in [2.24, 2.45) is 5.73 Å². The number of amides is 2. The lowest BCUT2D eigenvalue weighted by Gasteiger charge is -2.10. The molecule has 1 heterocycles. The van der Waals surface area contributed by atoms with Gasteiger partial charge in [0.1, 0.15) is 6.61 Å². The summed E-state index contributed by atoms with van der Waals surface area (Å²) in [6.45, 7) is 0.0151. The quantitative estimate of drug-likeness (QED) is 0.820. The maximum absolute atomic E-state index is 12.0. The van der Waals surface area contributed by atoms with Gasteiger partial charge in [0.25, 0.3) is 5.91 Å². The van der Waals surface area contributed by atoms with Crippen molar-refractivity contribution in [2.75, 3.05) is 13.7 Å². The summed E-state index contributed by atoms with van der Waals surface area (Å²) in [5.41, 5.74) is 6.10. The third-order valence-corrected chi connectivity index (χ3v) is 2.94. The molecule has 23 heavy (non-hydrogen) atoms. The summed E-state index contributed by atoms with van der Waals surface area (Å²) in [7, 11) is 1.41. The number of nitrogens with one attached hydrogen (secondary N) is 1. The highest BCUT2D eigenvalue weighted by Crippen LogP contribution is 2.20. The lowest BCUT2D eigenvalue weighted by atomic mass is 10.2. The number of nitrogens with zero attached hydrogens (tertiary/aromatic N) is 1. The number of carbonyl (C=O) groups excluding carboxylic acids is 2. The van der Waals surface area contributed by atoms with Gasteiger partial charge in [-0.25, -0.2) is 4.98 Å². The summed E-state index contributed by atoms with van der Waals surface area (Å²) < 4.78 is 10.6. The minimum atomic E-state index is -0.692. The number of hydrogen-bond acceptors (Lipinski definition) is 6. The first-order chi connectivity index (χ1) is 11.1. The highest BCUT2D eigenvalue weighted by atomic mass is 16.5. The topological polar surface area (TPSA) is 104 Å². The summed E-state index contributed by atoms with van der Waals surface area (Å²) in [4.78, 5) is 27.4. The van der Waals surface area contributed by atoms with Crippen molar-refractivity contribution in [3.8, 4) is 11.6 Å². The Morgan fingerprint density at radius 2 is 1.91 bits per heavy atom.